The maximum absolute atomic E-state index is 11.5. The van der Waals surface area contributed by atoms with Gasteiger partial charge in [-0.25, -0.2) is 4.85 Å². The Morgan fingerprint density at radius 3 is 2.22 bits per heavy atom. The van der Waals surface area contributed by atoms with Crippen LogP contribution in [0.3, 0.4) is 0 Å². The highest BCUT2D eigenvalue weighted by molar-refractivity contribution is 7.99. The Morgan fingerprint density at radius 2 is 1.65 bits per heavy atom. The third-order valence-corrected chi connectivity index (χ3v) is 4.23. The van der Waals surface area contributed by atoms with E-state index >= 15 is 0 Å². The van der Waals surface area contributed by atoms with E-state index in [9.17, 15) is 4.79 Å². The lowest BCUT2D eigenvalue weighted by Crippen LogP contribution is -1.94. The van der Waals surface area contributed by atoms with Crippen molar-refractivity contribution in [3.8, 4) is 11.1 Å². The van der Waals surface area contributed by atoms with Crippen LogP contribution < -0.4 is 0 Å². The number of nitrogens with one attached hydrogen (secondary N) is 1. The summed E-state index contributed by atoms with van der Waals surface area (Å²) in [4.78, 5) is 15.8. The summed E-state index contributed by atoms with van der Waals surface area (Å²) in [5, 5.41) is 10.9. The van der Waals surface area contributed by atoms with Crippen molar-refractivity contribution in [2.24, 2.45) is 0 Å². The van der Waals surface area contributed by atoms with E-state index in [0.29, 0.717) is 16.4 Å². The molecule has 23 heavy (non-hydrogen) atoms. The van der Waals surface area contributed by atoms with Crippen LogP contribution in [0.1, 0.15) is 17.4 Å². The zero-order chi connectivity index (χ0) is 16.2. The van der Waals surface area contributed by atoms with Gasteiger partial charge in [0.25, 0.3) is 0 Å². The number of Topliss-reactive ketones (excluding diaryl/α,β-unsaturated/α-hetero) is 1. The zero-order valence-corrected chi connectivity index (χ0v) is 13.1. The molecule has 112 valence electrons. The summed E-state index contributed by atoms with van der Waals surface area (Å²) in [6, 6.07) is 15.4. The number of benzene rings is 2. The molecule has 1 heterocycles. The number of ketones is 1. The average Bonchev–Trinajstić information content (AvgIpc) is 3.04. The van der Waals surface area contributed by atoms with Gasteiger partial charge in [0.05, 0.1) is 6.57 Å². The monoisotopic (exact) mass is 320 g/mol. The number of aromatic amines is 1. The Bertz CT molecular complexity index is 876. The molecule has 0 fully saturated rings. The third-order valence-electron chi connectivity index (χ3n) is 3.25. The van der Waals surface area contributed by atoms with Gasteiger partial charge in [0.15, 0.2) is 22.2 Å². The number of nitrogens with zero attached hydrogens (tertiary/aromatic N) is 3. The molecule has 0 saturated carbocycles. The molecule has 0 atom stereocenters. The van der Waals surface area contributed by atoms with Crippen molar-refractivity contribution in [1.29, 1.82) is 0 Å². The molecule has 0 amide bonds. The van der Waals surface area contributed by atoms with E-state index < -0.39 is 0 Å². The molecule has 0 radical (unpaired) electrons. The second-order valence-corrected chi connectivity index (χ2v) is 5.88. The molecule has 0 bridgehead atoms. The number of hydrogen-bond acceptors (Lipinski definition) is 4. The lowest BCUT2D eigenvalue weighted by Gasteiger charge is -2.04. The van der Waals surface area contributed by atoms with Gasteiger partial charge in [-0.1, -0.05) is 48.2 Å². The first-order valence-corrected chi connectivity index (χ1v) is 7.66. The van der Waals surface area contributed by atoms with E-state index in [1.165, 1.54) is 18.7 Å². The van der Waals surface area contributed by atoms with Gasteiger partial charge in [0.2, 0.25) is 0 Å². The molecule has 2 aromatic carbocycles. The summed E-state index contributed by atoms with van der Waals surface area (Å²) >= 11 is 1.39. The van der Waals surface area contributed by atoms with Crippen LogP contribution in [0.2, 0.25) is 0 Å². The lowest BCUT2D eigenvalue weighted by atomic mass is 10.1. The number of rotatable bonds is 4. The highest BCUT2D eigenvalue weighted by Gasteiger charge is 2.13. The Hall–Kier alpha value is -2.91. The van der Waals surface area contributed by atoms with Crippen molar-refractivity contribution in [3.05, 3.63) is 65.6 Å². The van der Waals surface area contributed by atoms with Gasteiger partial charge < -0.3 is 0 Å². The van der Waals surface area contributed by atoms with Gasteiger partial charge in [-0.05, 0) is 23.3 Å². The predicted molar refractivity (Wildman–Crippen MR) is 88.7 cm³/mol. The van der Waals surface area contributed by atoms with Crippen LogP contribution in [0, 0.1) is 6.57 Å². The molecule has 0 aliphatic carbocycles. The lowest BCUT2D eigenvalue weighted by molar-refractivity contribution is 0.101. The third kappa shape index (κ3) is 3.30. The molecule has 0 saturated heterocycles. The van der Waals surface area contributed by atoms with Crippen LogP contribution in [-0.4, -0.2) is 21.2 Å². The largest absolute Gasteiger partial charge is 0.293 e. The van der Waals surface area contributed by atoms with Gasteiger partial charge in [-0.3, -0.25) is 4.79 Å². The summed E-state index contributed by atoms with van der Waals surface area (Å²) in [6.07, 6.45) is 0. The fourth-order valence-corrected chi connectivity index (χ4v) is 2.95. The first-order chi connectivity index (χ1) is 11.2. The highest BCUT2D eigenvalue weighted by Crippen LogP contribution is 2.30. The average molecular weight is 320 g/mol. The van der Waals surface area contributed by atoms with Crippen LogP contribution in [0.15, 0.2) is 58.5 Å². The van der Waals surface area contributed by atoms with Gasteiger partial charge >= 0.3 is 0 Å². The van der Waals surface area contributed by atoms with Crippen molar-refractivity contribution >= 4 is 23.2 Å². The number of carbonyl (C=O) groups excluding carboxylic acids is 1. The van der Waals surface area contributed by atoms with E-state index in [-0.39, 0.29) is 5.78 Å². The Morgan fingerprint density at radius 1 is 1.04 bits per heavy atom. The first kappa shape index (κ1) is 15.0. The minimum absolute atomic E-state index is 0.113. The maximum Gasteiger partial charge on any atom is 0.187 e. The van der Waals surface area contributed by atoms with E-state index in [0.717, 1.165) is 16.0 Å². The van der Waals surface area contributed by atoms with Gasteiger partial charge in [0.1, 0.15) is 0 Å². The van der Waals surface area contributed by atoms with Crippen molar-refractivity contribution in [1.82, 2.24) is 15.4 Å². The van der Waals surface area contributed by atoms with E-state index in [4.69, 9.17) is 6.57 Å². The Balaban J connectivity index is 1.80. The fourth-order valence-electron chi connectivity index (χ4n) is 2.08. The Kier molecular flexibility index (Phi) is 4.22. The van der Waals surface area contributed by atoms with Crippen molar-refractivity contribution in [3.63, 3.8) is 0 Å². The van der Waals surface area contributed by atoms with Crippen LogP contribution in [0.5, 0.6) is 0 Å². The zero-order valence-electron chi connectivity index (χ0n) is 12.3. The van der Waals surface area contributed by atoms with E-state index in [1.54, 1.807) is 12.1 Å². The molecular weight excluding hydrogens is 308 g/mol. The van der Waals surface area contributed by atoms with Crippen molar-refractivity contribution < 1.29 is 4.79 Å². The summed E-state index contributed by atoms with van der Waals surface area (Å²) < 4.78 is 0. The van der Waals surface area contributed by atoms with Crippen molar-refractivity contribution in [2.45, 2.75) is 16.8 Å². The molecule has 5 nitrogen and oxygen atoms in total. The summed E-state index contributed by atoms with van der Waals surface area (Å²) in [5.41, 5.74) is 3.11. The SMILES string of the molecule is [C-]#[N+]c1ccc(-c2ccc(Sc3n[nH]nc3C(C)=O)cc2)cc1. The first-order valence-electron chi connectivity index (χ1n) is 6.85. The molecular formula is C17H12N4OS. The van der Waals surface area contributed by atoms with Crippen molar-refractivity contribution in [2.75, 3.05) is 0 Å². The molecule has 3 rings (SSSR count). The highest BCUT2D eigenvalue weighted by atomic mass is 32.2. The summed E-state index contributed by atoms with van der Waals surface area (Å²) in [5.74, 6) is -0.113. The normalized spacial score (nSPS) is 10.3. The second kappa shape index (κ2) is 6.46. The molecule has 0 aliphatic heterocycles. The smallest absolute Gasteiger partial charge is 0.187 e. The molecule has 0 spiro atoms. The summed E-state index contributed by atoms with van der Waals surface area (Å²) in [7, 11) is 0. The topological polar surface area (TPSA) is 63.0 Å². The fraction of sp³-hybridized carbons (Fsp3) is 0.0588. The molecule has 0 unspecified atom stereocenters. The van der Waals surface area contributed by atoms with Crippen LogP contribution in [-0.2, 0) is 0 Å². The van der Waals surface area contributed by atoms with E-state index in [1.807, 2.05) is 36.4 Å². The van der Waals surface area contributed by atoms with Crippen LogP contribution in [0.25, 0.3) is 16.0 Å². The van der Waals surface area contributed by atoms with Gasteiger partial charge in [-0.2, -0.15) is 10.3 Å². The minimum atomic E-state index is -0.113. The quantitative estimate of drug-likeness (QED) is 0.572. The molecule has 6 heteroatoms. The van der Waals surface area contributed by atoms with Crippen LogP contribution >= 0.6 is 11.8 Å². The maximum atomic E-state index is 11.5. The molecule has 3 aromatic rings. The molecule has 0 aliphatic rings. The number of aromatic nitrogens is 3. The standard InChI is InChI=1S/C17H12N4OS/c1-11(22)16-17(20-21-19-16)23-15-9-5-13(6-10-15)12-3-7-14(18-2)8-4-12/h3-10H,1H3,(H,19,20,21). The molecule has 1 aromatic heterocycles. The summed E-state index contributed by atoms with van der Waals surface area (Å²) in [6.45, 7) is 8.44. The van der Waals surface area contributed by atoms with Gasteiger partial charge in [0, 0.05) is 11.8 Å². The predicted octanol–water partition coefficient (Wildman–Crippen LogP) is 4.38. The minimum Gasteiger partial charge on any atom is -0.293 e. The Labute approximate surface area is 137 Å². The molecule has 1 N–H and O–H groups in total. The number of H-pyrrole nitrogens is 1. The number of carbonyl (C=O) groups is 1. The van der Waals surface area contributed by atoms with E-state index in [2.05, 4.69) is 20.3 Å². The van der Waals surface area contributed by atoms with Crippen LogP contribution in [0.4, 0.5) is 5.69 Å². The second-order valence-electron chi connectivity index (χ2n) is 4.82. The van der Waals surface area contributed by atoms with Gasteiger partial charge in [-0.15, -0.1) is 5.10 Å². The number of hydrogen-bond donors (Lipinski definition) is 1.